The minimum absolute atomic E-state index is 1.18. The summed E-state index contributed by atoms with van der Waals surface area (Å²) in [5, 5.41) is 0. The van der Waals surface area contributed by atoms with Gasteiger partial charge in [0.2, 0.25) is 0 Å². The van der Waals surface area contributed by atoms with Crippen LogP contribution in [0.2, 0.25) is 0 Å². The molecule has 0 atom stereocenters. The number of rotatable bonds is 21. The Morgan fingerprint density at radius 2 is 1.07 bits per heavy atom. The molecule has 0 aliphatic rings. The van der Waals surface area contributed by atoms with Crippen molar-refractivity contribution in [1.82, 2.24) is 4.57 Å². The highest BCUT2D eigenvalue weighted by Crippen LogP contribution is 2.12. The Labute approximate surface area is 183 Å². The van der Waals surface area contributed by atoms with Crippen LogP contribution in [0, 0.1) is 0 Å². The van der Waals surface area contributed by atoms with Crippen LogP contribution in [-0.4, -0.2) is 4.57 Å². The molecular weight excluding hydrogens is 352 g/mol. The molecule has 0 aliphatic carbocycles. The first-order chi connectivity index (χ1) is 14.3. The van der Waals surface area contributed by atoms with Crippen molar-refractivity contribution in [2.24, 2.45) is 0 Å². The van der Waals surface area contributed by atoms with E-state index in [1.807, 2.05) is 0 Å². The third-order valence-corrected chi connectivity index (χ3v) is 6.31. The number of aryl methyl sites for hydroxylation is 2. The Balaban J connectivity index is 2.21. The summed E-state index contributed by atoms with van der Waals surface area (Å²) < 4.78 is 5.09. The summed E-state index contributed by atoms with van der Waals surface area (Å²) in [6, 6.07) is 0. The highest BCUT2D eigenvalue weighted by Gasteiger charge is 2.15. The monoisotopic (exact) mass is 405 g/mol. The van der Waals surface area contributed by atoms with Gasteiger partial charge in [0.05, 0.1) is 13.1 Å². The number of hydrogen-bond acceptors (Lipinski definition) is 0. The average molecular weight is 406 g/mol. The highest BCUT2D eigenvalue weighted by atomic mass is 15.1. The summed E-state index contributed by atoms with van der Waals surface area (Å²) in [6.45, 7) is 9.30. The van der Waals surface area contributed by atoms with E-state index in [-0.39, 0.29) is 0 Å². The van der Waals surface area contributed by atoms with Crippen molar-refractivity contribution >= 4 is 0 Å². The number of hydrogen-bond donors (Lipinski definition) is 0. The Hall–Kier alpha value is -0.790. The van der Waals surface area contributed by atoms with Crippen molar-refractivity contribution in [1.29, 1.82) is 0 Å². The van der Waals surface area contributed by atoms with E-state index < -0.39 is 0 Å². The maximum absolute atomic E-state index is 2.57. The van der Waals surface area contributed by atoms with Gasteiger partial charge in [0.25, 0.3) is 5.82 Å². The van der Waals surface area contributed by atoms with E-state index in [0.717, 1.165) is 0 Å². The SMILES string of the molecule is CCCCCCCCCCCC[n+]1ccn(CCC)c1CCCCCCCCC. The summed E-state index contributed by atoms with van der Waals surface area (Å²) in [5.41, 5.74) is 0. The fraction of sp³-hybridized carbons (Fsp3) is 0.889. The Bertz CT molecular complexity index is 463. The minimum atomic E-state index is 1.18. The van der Waals surface area contributed by atoms with Crippen LogP contribution in [0.25, 0.3) is 0 Å². The van der Waals surface area contributed by atoms with Gasteiger partial charge in [0.15, 0.2) is 0 Å². The lowest BCUT2D eigenvalue weighted by molar-refractivity contribution is -0.704. The molecule has 29 heavy (non-hydrogen) atoms. The van der Waals surface area contributed by atoms with E-state index in [2.05, 4.69) is 42.3 Å². The molecule has 1 rings (SSSR count). The molecule has 1 aromatic heterocycles. The molecule has 0 N–H and O–H groups in total. The number of unbranched alkanes of at least 4 members (excludes halogenated alkanes) is 15. The summed E-state index contributed by atoms with van der Waals surface area (Å²) in [4.78, 5) is 0. The summed E-state index contributed by atoms with van der Waals surface area (Å²) in [5.74, 6) is 1.58. The van der Waals surface area contributed by atoms with Crippen LogP contribution in [0.5, 0.6) is 0 Å². The van der Waals surface area contributed by atoms with Gasteiger partial charge in [-0.2, -0.15) is 0 Å². The molecule has 0 spiro atoms. The number of aromatic nitrogens is 2. The normalized spacial score (nSPS) is 11.4. The molecule has 0 bridgehead atoms. The molecule has 2 heteroatoms. The van der Waals surface area contributed by atoms with Crippen LogP contribution >= 0.6 is 0 Å². The fourth-order valence-corrected chi connectivity index (χ4v) is 4.44. The molecule has 0 saturated heterocycles. The highest BCUT2D eigenvalue weighted by molar-refractivity contribution is 4.84. The summed E-state index contributed by atoms with van der Waals surface area (Å²) in [7, 11) is 0. The van der Waals surface area contributed by atoms with E-state index in [4.69, 9.17) is 0 Å². The zero-order valence-electron chi connectivity index (χ0n) is 20.4. The van der Waals surface area contributed by atoms with Crippen molar-refractivity contribution in [2.75, 3.05) is 0 Å². The first-order valence-corrected chi connectivity index (χ1v) is 13.4. The second-order valence-electron chi connectivity index (χ2n) is 9.15. The average Bonchev–Trinajstić information content (AvgIpc) is 3.10. The van der Waals surface area contributed by atoms with Gasteiger partial charge in [-0.25, -0.2) is 9.13 Å². The largest absolute Gasteiger partial charge is 0.256 e. The molecule has 1 heterocycles. The number of nitrogens with zero attached hydrogens (tertiary/aromatic N) is 2. The molecule has 0 unspecified atom stereocenters. The molecule has 0 fully saturated rings. The second-order valence-corrected chi connectivity index (χ2v) is 9.15. The fourth-order valence-electron chi connectivity index (χ4n) is 4.44. The zero-order chi connectivity index (χ0) is 21.0. The third-order valence-electron chi connectivity index (χ3n) is 6.31. The van der Waals surface area contributed by atoms with E-state index >= 15 is 0 Å². The lowest BCUT2D eigenvalue weighted by atomic mass is 10.1. The second kappa shape index (κ2) is 19.2. The minimum Gasteiger partial charge on any atom is -0.234 e. The van der Waals surface area contributed by atoms with Gasteiger partial charge >= 0.3 is 0 Å². The van der Waals surface area contributed by atoms with Crippen LogP contribution in [-0.2, 0) is 19.5 Å². The molecule has 0 amide bonds. The Morgan fingerprint density at radius 1 is 0.586 bits per heavy atom. The lowest BCUT2D eigenvalue weighted by Crippen LogP contribution is -2.37. The Kier molecular flexibility index (Phi) is 17.4. The molecular formula is C27H53N2+. The topological polar surface area (TPSA) is 8.81 Å². The van der Waals surface area contributed by atoms with Gasteiger partial charge in [-0.05, 0) is 25.7 Å². The third kappa shape index (κ3) is 13.2. The zero-order valence-corrected chi connectivity index (χ0v) is 20.4. The van der Waals surface area contributed by atoms with Crippen LogP contribution < -0.4 is 4.57 Å². The molecule has 2 nitrogen and oxygen atoms in total. The predicted octanol–water partition coefficient (Wildman–Crippen LogP) is 8.40. The molecule has 170 valence electrons. The molecule has 1 aromatic rings. The van der Waals surface area contributed by atoms with Gasteiger partial charge < -0.3 is 0 Å². The number of imidazole rings is 1. The van der Waals surface area contributed by atoms with E-state index in [0.29, 0.717) is 0 Å². The maximum Gasteiger partial charge on any atom is 0.256 e. The van der Waals surface area contributed by atoms with Gasteiger partial charge in [-0.3, -0.25) is 0 Å². The van der Waals surface area contributed by atoms with Gasteiger partial charge in [0.1, 0.15) is 12.4 Å². The van der Waals surface area contributed by atoms with Crippen LogP contribution in [0.4, 0.5) is 0 Å². The van der Waals surface area contributed by atoms with Crippen molar-refractivity contribution < 1.29 is 4.57 Å². The first kappa shape index (κ1) is 26.2. The predicted molar refractivity (Wildman–Crippen MR) is 128 cm³/mol. The maximum atomic E-state index is 2.57. The van der Waals surface area contributed by atoms with Crippen molar-refractivity contribution in [2.45, 2.75) is 156 Å². The lowest BCUT2D eigenvalue weighted by Gasteiger charge is -2.06. The van der Waals surface area contributed by atoms with Crippen molar-refractivity contribution in [3.05, 3.63) is 18.2 Å². The van der Waals surface area contributed by atoms with E-state index in [1.54, 1.807) is 5.82 Å². The summed E-state index contributed by atoms with van der Waals surface area (Å²) in [6.07, 6.45) is 31.2. The van der Waals surface area contributed by atoms with Gasteiger partial charge in [-0.15, -0.1) is 0 Å². The van der Waals surface area contributed by atoms with Gasteiger partial charge in [0, 0.05) is 6.42 Å². The van der Waals surface area contributed by atoms with Crippen LogP contribution in [0.3, 0.4) is 0 Å². The van der Waals surface area contributed by atoms with E-state index in [9.17, 15) is 0 Å². The quantitative estimate of drug-likeness (QED) is 0.143. The Morgan fingerprint density at radius 3 is 1.59 bits per heavy atom. The van der Waals surface area contributed by atoms with Crippen molar-refractivity contribution in [3.8, 4) is 0 Å². The molecule has 0 radical (unpaired) electrons. The standard InChI is InChI=1S/C27H53N2/c1-4-7-9-11-13-14-15-17-19-21-24-29-26-25-28(23-6-3)27(29)22-20-18-16-12-10-8-5-2/h25-26H,4-24H2,1-3H3/q+1. The van der Waals surface area contributed by atoms with Crippen LogP contribution in [0.1, 0.15) is 142 Å². The first-order valence-electron chi connectivity index (χ1n) is 13.4. The van der Waals surface area contributed by atoms with Crippen LogP contribution in [0.15, 0.2) is 12.4 Å². The summed E-state index contributed by atoms with van der Waals surface area (Å²) >= 11 is 0. The van der Waals surface area contributed by atoms with Crippen molar-refractivity contribution in [3.63, 3.8) is 0 Å². The van der Waals surface area contributed by atoms with Gasteiger partial charge in [-0.1, -0.05) is 111 Å². The van der Waals surface area contributed by atoms with E-state index in [1.165, 1.54) is 135 Å². The molecule has 0 aromatic carbocycles. The molecule has 0 aliphatic heterocycles. The smallest absolute Gasteiger partial charge is 0.234 e. The molecule has 0 saturated carbocycles.